The fourth-order valence-corrected chi connectivity index (χ4v) is 2.69. The molecule has 0 aliphatic carbocycles. The van der Waals surface area contributed by atoms with Crippen LogP contribution in [0.5, 0.6) is 0 Å². The van der Waals surface area contributed by atoms with Gasteiger partial charge >= 0.3 is 0 Å². The number of carbonyl (C=O) groups excluding carboxylic acids is 2. The van der Waals surface area contributed by atoms with Gasteiger partial charge in [0.2, 0.25) is 5.91 Å². The smallest absolute Gasteiger partial charge is 0.260 e. The van der Waals surface area contributed by atoms with Crippen molar-refractivity contribution in [2.24, 2.45) is 13.0 Å². The van der Waals surface area contributed by atoms with Gasteiger partial charge in [-0.2, -0.15) is 5.10 Å². The van der Waals surface area contributed by atoms with Crippen molar-refractivity contribution in [3.8, 4) is 0 Å². The van der Waals surface area contributed by atoms with Gasteiger partial charge in [-0.25, -0.2) is 0 Å². The zero-order chi connectivity index (χ0) is 16.0. The normalized spacial score (nSPS) is 17.1. The second-order valence-electron chi connectivity index (χ2n) is 5.67. The van der Waals surface area contributed by atoms with Crippen molar-refractivity contribution in [2.45, 2.75) is 27.2 Å². The van der Waals surface area contributed by atoms with Gasteiger partial charge in [0.05, 0.1) is 5.56 Å². The molecule has 3 heterocycles. The third-order valence-electron chi connectivity index (χ3n) is 3.86. The van der Waals surface area contributed by atoms with Crippen LogP contribution in [0, 0.1) is 19.8 Å². The summed E-state index contributed by atoms with van der Waals surface area (Å²) >= 11 is 0. The second kappa shape index (κ2) is 5.01. The Bertz CT molecular complexity index is 772. The molecule has 116 valence electrons. The van der Waals surface area contributed by atoms with Gasteiger partial charge < -0.3 is 15.1 Å². The second-order valence-corrected chi connectivity index (χ2v) is 5.67. The molecule has 0 aromatic carbocycles. The van der Waals surface area contributed by atoms with Crippen LogP contribution >= 0.6 is 0 Å². The predicted octanol–water partition coefficient (Wildman–Crippen LogP) is 2.01. The quantitative estimate of drug-likeness (QED) is 0.888. The van der Waals surface area contributed by atoms with E-state index < -0.39 is 0 Å². The summed E-state index contributed by atoms with van der Waals surface area (Å²) in [6, 6.07) is 1.70. The SMILES string of the molecule is Cc1cc(C(=O)Nc2nn(C)c3c2C[C@@H](C)C(=O)N3)c(C)o1. The minimum atomic E-state index is -0.264. The molecule has 0 saturated carbocycles. The van der Waals surface area contributed by atoms with Crippen LogP contribution in [0.1, 0.15) is 34.4 Å². The van der Waals surface area contributed by atoms with E-state index in [0.717, 1.165) is 5.56 Å². The molecule has 1 aliphatic rings. The van der Waals surface area contributed by atoms with Crippen LogP contribution in [0.3, 0.4) is 0 Å². The first-order valence-electron chi connectivity index (χ1n) is 7.12. The third kappa shape index (κ3) is 2.28. The van der Waals surface area contributed by atoms with Crippen molar-refractivity contribution >= 4 is 23.5 Å². The topological polar surface area (TPSA) is 89.2 Å². The first-order chi connectivity index (χ1) is 10.4. The molecule has 22 heavy (non-hydrogen) atoms. The molecule has 1 aliphatic heterocycles. The van der Waals surface area contributed by atoms with Crippen LogP contribution < -0.4 is 10.6 Å². The molecule has 1 atom stereocenters. The monoisotopic (exact) mass is 302 g/mol. The van der Waals surface area contributed by atoms with E-state index in [2.05, 4.69) is 15.7 Å². The minimum absolute atomic E-state index is 0.0327. The maximum atomic E-state index is 12.4. The number of hydrogen-bond donors (Lipinski definition) is 2. The Labute approximate surface area is 127 Å². The number of rotatable bonds is 2. The van der Waals surface area contributed by atoms with Crippen molar-refractivity contribution in [1.82, 2.24) is 9.78 Å². The van der Waals surface area contributed by atoms with E-state index in [1.54, 1.807) is 31.6 Å². The Morgan fingerprint density at radius 2 is 2.23 bits per heavy atom. The number of nitrogens with one attached hydrogen (secondary N) is 2. The van der Waals surface area contributed by atoms with Gasteiger partial charge in [0.15, 0.2) is 5.82 Å². The molecular formula is C15H18N4O3. The van der Waals surface area contributed by atoms with Gasteiger partial charge in [-0.15, -0.1) is 0 Å². The van der Waals surface area contributed by atoms with Crippen LogP contribution in [0.15, 0.2) is 10.5 Å². The van der Waals surface area contributed by atoms with Crippen molar-refractivity contribution in [3.05, 3.63) is 28.7 Å². The van der Waals surface area contributed by atoms with Gasteiger partial charge in [0.25, 0.3) is 5.91 Å². The molecule has 7 heteroatoms. The number of nitrogens with zero attached hydrogens (tertiary/aromatic N) is 2. The van der Waals surface area contributed by atoms with Crippen LogP contribution in [-0.2, 0) is 18.3 Å². The Morgan fingerprint density at radius 1 is 1.50 bits per heavy atom. The average molecular weight is 302 g/mol. The van der Waals surface area contributed by atoms with Gasteiger partial charge in [0.1, 0.15) is 17.3 Å². The molecule has 2 amide bonds. The Kier molecular flexibility index (Phi) is 3.27. The van der Waals surface area contributed by atoms with Crippen LogP contribution in [0.4, 0.5) is 11.6 Å². The third-order valence-corrected chi connectivity index (χ3v) is 3.86. The molecule has 0 radical (unpaired) electrons. The number of aryl methyl sites for hydroxylation is 3. The van der Waals surface area contributed by atoms with E-state index in [-0.39, 0.29) is 17.7 Å². The van der Waals surface area contributed by atoms with E-state index >= 15 is 0 Å². The maximum Gasteiger partial charge on any atom is 0.260 e. The van der Waals surface area contributed by atoms with E-state index in [1.165, 1.54) is 0 Å². The van der Waals surface area contributed by atoms with Gasteiger partial charge in [-0.1, -0.05) is 6.92 Å². The summed E-state index contributed by atoms with van der Waals surface area (Å²) in [5.41, 5.74) is 1.34. The summed E-state index contributed by atoms with van der Waals surface area (Å²) in [5.74, 6) is 1.93. The molecule has 0 spiro atoms. The number of aromatic nitrogens is 2. The highest BCUT2D eigenvalue weighted by atomic mass is 16.3. The summed E-state index contributed by atoms with van der Waals surface area (Å²) in [7, 11) is 1.73. The Balaban J connectivity index is 1.91. The van der Waals surface area contributed by atoms with Crippen LogP contribution in [0.25, 0.3) is 0 Å². The molecule has 2 N–H and O–H groups in total. The van der Waals surface area contributed by atoms with Crippen molar-refractivity contribution < 1.29 is 14.0 Å². The molecule has 2 aromatic heterocycles. The summed E-state index contributed by atoms with van der Waals surface area (Å²) in [5, 5.41) is 9.94. The maximum absolute atomic E-state index is 12.4. The number of furan rings is 1. The van der Waals surface area contributed by atoms with Crippen molar-refractivity contribution in [3.63, 3.8) is 0 Å². The van der Waals surface area contributed by atoms with E-state index in [0.29, 0.717) is 35.1 Å². The minimum Gasteiger partial charge on any atom is -0.466 e. The van der Waals surface area contributed by atoms with Gasteiger partial charge in [-0.3, -0.25) is 14.3 Å². The van der Waals surface area contributed by atoms with E-state index in [1.807, 2.05) is 6.92 Å². The Morgan fingerprint density at radius 3 is 2.86 bits per heavy atom. The number of amides is 2. The fourth-order valence-electron chi connectivity index (χ4n) is 2.69. The standard InChI is InChI=1S/C15H18N4O3/c1-7-5-11-12(18-19(4)13(11)17-14(7)20)16-15(21)10-6-8(2)22-9(10)3/h6-7H,5H2,1-4H3,(H,17,20)(H,16,18,21)/t7-/m1/s1. The van der Waals surface area contributed by atoms with Crippen molar-refractivity contribution in [2.75, 3.05) is 10.6 Å². The highest BCUT2D eigenvalue weighted by Crippen LogP contribution is 2.31. The number of hydrogen-bond acceptors (Lipinski definition) is 4. The van der Waals surface area contributed by atoms with Crippen LogP contribution in [-0.4, -0.2) is 21.6 Å². The molecule has 7 nitrogen and oxygen atoms in total. The number of anilines is 2. The molecule has 2 aromatic rings. The lowest BCUT2D eigenvalue weighted by Gasteiger charge is -2.19. The lowest BCUT2D eigenvalue weighted by atomic mass is 9.98. The zero-order valence-electron chi connectivity index (χ0n) is 13.0. The lowest BCUT2D eigenvalue weighted by Crippen LogP contribution is -2.28. The molecular weight excluding hydrogens is 284 g/mol. The number of carbonyl (C=O) groups is 2. The average Bonchev–Trinajstić information content (AvgIpc) is 2.92. The van der Waals surface area contributed by atoms with Crippen molar-refractivity contribution in [1.29, 1.82) is 0 Å². The summed E-state index contributed by atoms with van der Waals surface area (Å²) in [6.45, 7) is 5.39. The van der Waals surface area contributed by atoms with Crippen LogP contribution in [0.2, 0.25) is 0 Å². The first-order valence-corrected chi connectivity index (χ1v) is 7.12. The lowest BCUT2D eigenvalue weighted by molar-refractivity contribution is -0.119. The highest BCUT2D eigenvalue weighted by molar-refractivity contribution is 6.06. The van der Waals surface area contributed by atoms with Gasteiger partial charge in [-0.05, 0) is 26.3 Å². The summed E-state index contributed by atoms with van der Waals surface area (Å²) < 4.78 is 6.95. The molecule has 0 saturated heterocycles. The summed E-state index contributed by atoms with van der Waals surface area (Å²) in [6.07, 6.45) is 0.550. The highest BCUT2D eigenvalue weighted by Gasteiger charge is 2.29. The molecule has 0 bridgehead atoms. The zero-order valence-corrected chi connectivity index (χ0v) is 13.0. The fraction of sp³-hybridized carbons (Fsp3) is 0.400. The molecule has 0 fully saturated rings. The largest absolute Gasteiger partial charge is 0.466 e. The number of fused-ring (bicyclic) bond motifs is 1. The van der Waals surface area contributed by atoms with E-state index in [9.17, 15) is 9.59 Å². The molecule has 3 rings (SSSR count). The van der Waals surface area contributed by atoms with E-state index in [4.69, 9.17) is 4.42 Å². The molecule has 0 unspecified atom stereocenters. The predicted molar refractivity (Wildman–Crippen MR) is 80.8 cm³/mol. The first kappa shape index (κ1) is 14.4. The Hall–Kier alpha value is -2.57. The van der Waals surface area contributed by atoms with Gasteiger partial charge in [0, 0.05) is 18.5 Å². The summed E-state index contributed by atoms with van der Waals surface area (Å²) in [4.78, 5) is 24.1.